The van der Waals surface area contributed by atoms with Crippen molar-refractivity contribution in [1.29, 1.82) is 0 Å². The number of rotatable bonds is 3. The molecule has 1 unspecified atom stereocenters. The smallest absolute Gasteiger partial charge is 0.0208 e. The van der Waals surface area contributed by atoms with Crippen LogP contribution in [0.2, 0.25) is 0 Å². The lowest BCUT2D eigenvalue weighted by atomic mass is 10.1. The number of nitrogens with zero attached hydrogens (tertiary/aromatic N) is 1. The van der Waals surface area contributed by atoms with Crippen molar-refractivity contribution in [2.24, 2.45) is 0 Å². The van der Waals surface area contributed by atoms with E-state index in [1.54, 1.807) is 0 Å². The molecule has 1 atom stereocenters. The summed E-state index contributed by atoms with van der Waals surface area (Å²) >= 11 is 3.45. The molecule has 2 nitrogen and oxygen atoms in total. The van der Waals surface area contributed by atoms with Crippen LogP contribution in [0, 0.1) is 0 Å². The van der Waals surface area contributed by atoms with Gasteiger partial charge in [0.05, 0.1) is 0 Å². The molecule has 1 fully saturated rings. The summed E-state index contributed by atoms with van der Waals surface area (Å²) in [5.74, 6) is 0. The highest BCUT2D eigenvalue weighted by Gasteiger charge is 2.15. The second-order valence-electron chi connectivity index (χ2n) is 4.61. The molecule has 0 bridgehead atoms. The van der Waals surface area contributed by atoms with Gasteiger partial charge in [-0.15, -0.1) is 0 Å². The molecule has 1 aliphatic rings. The Kier molecular flexibility index (Phi) is 4.38. The van der Waals surface area contributed by atoms with Gasteiger partial charge in [0, 0.05) is 23.6 Å². The van der Waals surface area contributed by atoms with Crippen molar-refractivity contribution in [3.05, 3.63) is 34.3 Å². The van der Waals surface area contributed by atoms with E-state index in [1.165, 1.54) is 31.5 Å². The molecule has 2 rings (SSSR count). The minimum absolute atomic E-state index is 0.655. The lowest BCUT2D eigenvalue weighted by Crippen LogP contribution is -2.43. The Bertz CT molecular complexity index is 323. The lowest BCUT2D eigenvalue weighted by Gasteiger charge is -2.30. The van der Waals surface area contributed by atoms with Crippen LogP contribution in [0.25, 0.3) is 0 Å². The SMILES string of the molecule is CN1CCCC(NCc2ccc(Br)cc2)C1. The number of likely N-dealkylation sites (N-methyl/N-ethyl adjacent to an activating group) is 1. The number of likely N-dealkylation sites (tertiary alicyclic amines) is 1. The van der Waals surface area contributed by atoms with Crippen LogP contribution in [-0.2, 0) is 6.54 Å². The van der Waals surface area contributed by atoms with Crippen molar-refractivity contribution in [2.75, 3.05) is 20.1 Å². The predicted octanol–water partition coefficient (Wildman–Crippen LogP) is 2.63. The summed E-state index contributed by atoms with van der Waals surface area (Å²) in [5, 5.41) is 3.63. The molecule has 1 aromatic rings. The molecule has 1 heterocycles. The Morgan fingerprint density at radius 1 is 1.38 bits per heavy atom. The van der Waals surface area contributed by atoms with E-state index in [9.17, 15) is 0 Å². The summed E-state index contributed by atoms with van der Waals surface area (Å²) in [4.78, 5) is 2.41. The van der Waals surface area contributed by atoms with Crippen molar-refractivity contribution in [3.8, 4) is 0 Å². The zero-order valence-electron chi connectivity index (χ0n) is 9.75. The Labute approximate surface area is 106 Å². The maximum atomic E-state index is 3.63. The summed E-state index contributed by atoms with van der Waals surface area (Å²) in [5.41, 5.74) is 1.36. The van der Waals surface area contributed by atoms with E-state index in [0.717, 1.165) is 11.0 Å². The van der Waals surface area contributed by atoms with Crippen LogP contribution in [0.15, 0.2) is 28.7 Å². The van der Waals surface area contributed by atoms with Crippen LogP contribution < -0.4 is 5.32 Å². The maximum Gasteiger partial charge on any atom is 0.0208 e. The largest absolute Gasteiger partial charge is 0.309 e. The van der Waals surface area contributed by atoms with Crippen LogP contribution in [0.1, 0.15) is 18.4 Å². The van der Waals surface area contributed by atoms with Crippen molar-refractivity contribution in [3.63, 3.8) is 0 Å². The molecule has 1 aliphatic heterocycles. The third-order valence-corrected chi connectivity index (χ3v) is 3.66. The molecule has 88 valence electrons. The van der Waals surface area contributed by atoms with Gasteiger partial charge in [-0.1, -0.05) is 28.1 Å². The monoisotopic (exact) mass is 282 g/mol. The van der Waals surface area contributed by atoms with Crippen LogP contribution in [0.5, 0.6) is 0 Å². The number of piperidine rings is 1. The van der Waals surface area contributed by atoms with E-state index in [1.807, 2.05) is 0 Å². The summed E-state index contributed by atoms with van der Waals surface area (Å²) in [6, 6.07) is 9.20. The molecule has 0 aliphatic carbocycles. The Balaban J connectivity index is 1.80. The highest BCUT2D eigenvalue weighted by atomic mass is 79.9. The summed E-state index contributed by atoms with van der Waals surface area (Å²) in [6.45, 7) is 3.40. The second-order valence-corrected chi connectivity index (χ2v) is 5.52. The van der Waals surface area contributed by atoms with E-state index in [0.29, 0.717) is 6.04 Å². The molecular weight excluding hydrogens is 264 g/mol. The Hall–Kier alpha value is -0.380. The van der Waals surface area contributed by atoms with Crippen LogP contribution in [0.4, 0.5) is 0 Å². The van der Waals surface area contributed by atoms with Gasteiger partial charge in [0.1, 0.15) is 0 Å². The second kappa shape index (κ2) is 5.80. The first-order valence-corrected chi connectivity index (χ1v) is 6.70. The van der Waals surface area contributed by atoms with Gasteiger partial charge in [-0.2, -0.15) is 0 Å². The predicted molar refractivity (Wildman–Crippen MR) is 71.5 cm³/mol. The Morgan fingerprint density at radius 3 is 2.81 bits per heavy atom. The average molecular weight is 283 g/mol. The summed E-state index contributed by atoms with van der Waals surface area (Å²) < 4.78 is 1.15. The zero-order valence-corrected chi connectivity index (χ0v) is 11.3. The van der Waals surface area contributed by atoms with Crippen LogP contribution in [-0.4, -0.2) is 31.1 Å². The van der Waals surface area contributed by atoms with Crippen molar-refractivity contribution >= 4 is 15.9 Å². The number of hydrogen-bond acceptors (Lipinski definition) is 2. The highest BCUT2D eigenvalue weighted by molar-refractivity contribution is 9.10. The molecule has 1 N–H and O–H groups in total. The minimum Gasteiger partial charge on any atom is -0.309 e. The van der Waals surface area contributed by atoms with Crippen LogP contribution in [0.3, 0.4) is 0 Å². The molecule has 0 spiro atoms. The maximum absolute atomic E-state index is 3.63. The van der Waals surface area contributed by atoms with Gasteiger partial charge in [0.2, 0.25) is 0 Å². The van der Waals surface area contributed by atoms with E-state index < -0.39 is 0 Å². The normalized spacial score (nSPS) is 22.2. The molecule has 1 saturated heterocycles. The van der Waals surface area contributed by atoms with Crippen molar-refractivity contribution in [2.45, 2.75) is 25.4 Å². The van der Waals surface area contributed by atoms with Gasteiger partial charge in [-0.05, 0) is 44.1 Å². The standard InChI is InChI=1S/C13H19BrN2/c1-16-8-2-3-13(10-16)15-9-11-4-6-12(14)7-5-11/h4-7,13,15H,2-3,8-10H2,1H3. The van der Waals surface area contributed by atoms with Gasteiger partial charge in [-0.25, -0.2) is 0 Å². The lowest BCUT2D eigenvalue weighted by molar-refractivity contribution is 0.226. The molecular formula is C13H19BrN2. The van der Waals surface area contributed by atoms with E-state index in [2.05, 4.69) is 57.5 Å². The minimum atomic E-state index is 0.655. The van der Waals surface area contributed by atoms with Gasteiger partial charge in [-0.3, -0.25) is 0 Å². The number of halogens is 1. The summed E-state index contributed by atoms with van der Waals surface area (Å²) in [6.07, 6.45) is 2.62. The van der Waals surface area contributed by atoms with Crippen LogP contribution >= 0.6 is 15.9 Å². The van der Waals surface area contributed by atoms with E-state index in [-0.39, 0.29) is 0 Å². The van der Waals surface area contributed by atoms with E-state index >= 15 is 0 Å². The molecule has 1 aromatic carbocycles. The molecule has 3 heteroatoms. The van der Waals surface area contributed by atoms with E-state index in [4.69, 9.17) is 0 Å². The zero-order chi connectivity index (χ0) is 11.4. The molecule has 16 heavy (non-hydrogen) atoms. The first-order valence-electron chi connectivity index (χ1n) is 5.90. The van der Waals surface area contributed by atoms with Crippen molar-refractivity contribution in [1.82, 2.24) is 10.2 Å². The summed E-state index contributed by atoms with van der Waals surface area (Å²) in [7, 11) is 2.20. The molecule has 0 radical (unpaired) electrons. The quantitative estimate of drug-likeness (QED) is 0.917. The fourth-order valence-electron chi connectivity index (χ4n) is 2.20. The highest BCUT2D eigenvalue weighted by Crippen LogP contribution is 2.12. The van der Waals surface area contributed by atoms with Gasteiger partial charge in [0.15, 0.2) is 0 Å². The van der Waals surface area contributed by atoms with Gasteiger partial charge >= 0.3 is 0 Å². The number of hydrogen-bond donors (Lipinski definition) is 1. The van der Waals surface area contributed by atoms with Gasteiger partial charge < -0.3 is 10.2 Å². The molecule has 0 saturated carbocycles. The Morgan fingerprint density at radius 2 is 2.12 bits per heavy atom. The first kappa shape index (κ1) is 12.1. The fraction of sp³-hybridized carbons (Fsp3) is 0.538. The topological polar surface area (TPSA) is 15.3 Å². The number of nitrogens with one attached hydrogen (secondary N) is 1. The first-order chi connectivity index (χ1) is 7.74. The molecule has 0 amide bonds. The third kappa shape index (κ3) is 3.58. The van der Waals surface area contributed by atoms with Crippen molar-refractivity contribution < 1.29 is 0 Å². The fourth-order valence-corrected chi connectivity index (χ4v) is 2.46. The third-order valence-electron chi connectivity index (χ3n) is 3.13. The molecule has 0 aromatic heterocycles. The number of benzene rings is 1. The van der Waals surface area contributed by atoms with Gasteiger partial charge in [0.25, 0.3) is 0 Å². The average Bonchev–Trinajstić information content (AvgIpc) is 2.28.